The van der Waals surface area contributed by atoms with Gasteiger partial charge in [-0.15, -0.1) is 0 Å². The molecule has 0 bridgehead atoms. The molecular formula is C14H16N2+2. The molecule has 2 aromatic carbocycles. The first kappa shape index (κ1) is 10.6. The molecular weight excluding hydrogens is 196 g/mol. The van der Waals surface area contributed by atoms with Crippen LogP contribution < -0.4 is 11.5 Å². The summed E-state index contributed by atoms with van der Waals surface area (Å²) in [5, 5.41) is 0. The van der Waals surface area contributed by atoms with E-state index in [1.807, 2.05) is 36.4 Å². The van der Waals surface area contributed by atoms with Gasteiger partial charge in [-0.2, -0.15) is 0 Å². The smallest absolute Gasteiger partial charge is 0.197 e. The molecule has 80 valence electrons. The topological polar surface area (TPSA) is 55.3 Å². The van der Waals surface area contributed by atoms with Crippen LogP contribution >= 0.6 is 0 Å². The third-order valence-corrected chi connectivity index (χ3v) is 2.61. The van der Waals surface area contributed by atoms with Crippen LogP contribution in [-0.2, 0) is 0 Å². The van der Waals surface area contributed by atoms with Gasteiger partial charge in [0.05, 0.1) is 0 Å². The van der Waals surface area contributed by atoms with Crippen molar-refractivity contribution in [1.82, 2.24) is 0 Å². The first-order valence-corrected chi connectivity index (χ1v) is 5.28. The SMILES string of the molecule is [NH3+]C(=C([NH3+])c1ccccc1)c1ccccc1. The van der Waals surface area contributed by atoms with Crippen LogP contribution in [0.4, 0.5) is 0 Å². The van der Waals surface area contributed by atoms with Gasteiger partial charge in [-0.25, -0.2) is 0 Å². The molecule has 2 heteroatoms. The van der Waals surface area contributed by atoms with Gasteiger partial charge in [-0.3, -0.25) is 0 Å². The summed E-state index contributed by atoms with van der Waals surface area (Å²) >= 11 is 0. The lowest BCUT2D eigenvalue weighted by atomic mass is 10.1. The summed E-state index contributed by atoms with van der Waals surface area (Å²) in [5.74, 6) is 0. The van der Waals surface area contributed by atoms with E-state index in [-0.39, 0.29) is 0 Å². The molecule has 0 saturated carbocycles. The van der Waals surface area contributed by atoms with E-state index in [9.17, 15) is 0 Å². The van der Waals surface area contributed by atoms with Crippen LogP contribution in [0.3, 0.4) is 0 Å². The van der Waals surface area contributed by atoms with Gasteiger partial charge in [0, 0.05) is 11.1 Å². The van der Waals surface area contributed by atoms with E-state index in [1.54, 1.807) is 0 Å². The maximum absolute atomic E-state index is 4.10. The van der Waals surface area contributed by atoms with Gasteiger partial charge in [0.1, 0.15) is 0 Å². The van der Waals surface area contributed by atoms with Gasteiger partial charge in [-0.1, -0.05) is 36.4 Å². The Labute approximate surface area is 95.2 Å². The van der Waals surface area contributed by atoms with Crippen molar-refractivity contribution in [1.29, 1.82) is 0 Å². The summed E-state index contributed by atoms with van der Waals surface area (Å²) in [4.78, 5) is 0. The van der Waals surface area contributed by atoms with E-state index >= 15 is 0 Å². The molecule has 0 aliphatic rings. The summed E-state index contributed by atoms with van der Waals surface area (Å²) < 4.78 is 0. The number of quaternary nitrogens is 2. The van der Waals surface area contributed by atoms with Gasteiger partial charge in [0.2, 0.25) is 0 Å². The third-order valence-electron chi connectivity index (χ3n) is 2.61. The molecule has 6 N–H and O–H groups in total. The first-order valence-electron chi connectivity index (χ1n) is 5.28. The molecule has 2 aromatic rings. The second-order valence-electron chi connectivity index (χ2n) is 3.69. The lowest BCUT2D eigenvalue weighted by Gasteiger charge is -2.00. The molecule has 0 aliphatic heterocycles. The molecule has 2 rings (SSSR count). The Hall–Kier alpha value is -1.90. The molecule has 0 saturated heterocycles. The Kier molecular flexibility index (Phi) is 3.15. The molecule has 0 spiro atoms. The Morgan fingerprint density at radius 2 is 0.875 bits per heavy atom. The highest BCUT2D eigenvalue weighted by atomic mass is 14.7. The van der Waals surface area contributed by atoms with Gasteiger partial charge >= 0.3 is 0 Å². The monoisotopic (exact) mass is 212 g/mol. The number of hydrogen-bond donors (Lipinski definition) is 2. The van der Waals surface area contributed by atoms with Gasteiger partial charge in [-0.05, 0) is 24.3 Å². The minimum atomic E-state index is 0.979. The molecule has 2 nitrogen and oxygen atoms in total. The lowest BCUT2D eigenvalue weighted by Crippen LogP contribution is -2.56. The molecule has 0 aromatic heterocycles. The van der Waals surface area contributed by atoms with Crippen LogP contribution in [0.15, 0.2) is 60.7 Å². The fraction of sp³-hybridized carbons (Fsp3) is 0. The van der Waals surface area contributed by atoms with Crippen molar-refractivity contribution in [3.05, 3.63) is 71.8 Å². The van der Waals surface area contributed by atoms with Crippen molar-refractivity contribution in [2.75, 3.05) is 0 Å². The van der Waals surface area contributed by atoms with Gasteiger partial charge < -0.3 is 11.5 Å². The average molecular weight is 212 g/mol. The van der Waals surface area contributed by atoms with Crippen LogP contribution in [0.5, 0.6) is 0 Å². The summed E-state index contributed by atoms with van der Waals surface area (Å²) in [6, 6.07) is 20.3. The molecule has 0 amide bonds. The standard InChI is InChI=1S/C14H14N2/c15-13(11-7-3-1-4-8-11)14(16)12-9-5-2-6-10-12/h1-10H,15-16H2/p+2. The average Bonchev–Trinajstić information content (AvgIpc) is 2.39. The quantitative estimate of drug-likeness (QED) is 0.698. The molecule has 0 heterocycles. The number of hydrogen-bond acceptors (Lipinski definition) is 0. The molecule has 0 aliphatic carbocycles. The van der Waals surface area contributed by atoms with Crippen LogP contribution in [0.2, 0.25) is 0 Å². The zero-order valence-electron chi connectivity index (χ0n) is 9.19. The first-order chi connectivity index (χ1) is 7.79. The molecule has 16 heavy (non-hydrogen) atoms. The normalized spacial score (nSPS) is 12.1. The van der Waals surface area contributed by atoms with Crippen LogP contribution in [-0.4, -0.2) is 0 Å². The summed E-state index contributed by atoms with van der Waals surface area (Å²) in [6.07, 6.45) is 0. The maximum atomic E-state index is 4.10. The van der Waals surface area contributed by atoms with E-state index in [2.05, 4.69) is 35.7 Å². The highest BCUT2D eigenvalue weighted by molar-refractivity contribution is 5.80. The van der Waals surface area contributed by atoms with Crippen LogP contribution in [0.1, 0.15) is 11.1 Å². The highest BCUT2D eigenvalue weighted by Gasteiger charge is 2.11. The summed E-state index contributed by atoms with van der Waals surface area (Å²) in [7, 11) is 0. The molecule has 0 radical (unpaired) electrons. The minimum absolute atomic E-state index is 0.979. The van der Waals surface area contributed by atoms with Crippen molar-refractivity contribution in [3.8, 4) is 0 Å². The van der Waals surface area contributed by atoms with E-state index in [0.717, 1.165) is 22.5 Å². The minimum Gasteiger partial charge on any atom is -0.320 e. The van der Waals surface area contributed by atoms with Crippen molar-refractivity contribution in [2.45, 2.75) is 0 Å². The zero-order valence-corrected chi connectivity index (χ0v) is 9.19. The summed E-state index contributed by atoms with van der Waals surface area (Å²) in [6.45, 7) is 0. The number of benzene rings is 2. The fourth-order valence-electron chi connectivity index (χ4n) is 1.63. The van der Waals surface area contributed by atoms with E-state index in [0.29, 0.717) is 0 Å². The van der Waals surface area contributed by atoms with E-state index in [4.69, 9.17) is 0 Å². The number of rotatable bonds is 2. The third kappa shape index (κ3) is 2.19. The predicted octanol–water partition coefficient (Wildman–Crippen LogP) is 0.996. The van der Waals surface area contributed by atoms with Gasteiger partial charge in [0.15, 0.2) is 11.4 Å². The van der Waals surface area contributed by atoms with Crippen LogP contribution in [0.25, 0.3) is 11.4 Å². The van der Waals surface area contributed by atoms with Gasteiger partial charge in [0.25, 0.3) is 0 Å². The molecule has 0 unspecified atom stereocenters. The van der Waals surface area contributed by atoms with Crippen LogP contribution in [0, 0.1) is 0 Å². The highest BCUT2D eigenvalue weighted by Crippen LogP contribution is 2.14. The van der Waals surface area contributed by atoms with Crippen molar-refractivity contribution >= 4 is 11.4 Å². The zero-order chi connectivity index (χ0) is 11.4. The Bertz CT molecular complexity index is 439. The second kappa shape index (κ2) is 4.75. The van der Waals surface area contributed by atoms with E-state index < -0.39 is 0 Å². The molecule has 0 atom stereocenters. The fourth-order valence-corrected chi connectivity index (χ4v) is 1.63. The lowest BCUT2D eigenvalue weighted by molar-refractivity contribution is -0.279. The second-order valence-corrected chi connectivity index (χ2v) is 3.69. The molecule has 0 fully saturated rings. The Balaban J connectivity index is 2.43. The largest absolute Gasteiger partial charge is 0.320 e. The van der Waals surface area contributed by atoms with E-state index in [1.165, 1.54) is 0 Å². The van der Waals surface area contributed by atoms with Crippen molar-refractivity contribution in [3.63, 3.8) is 0 Å². The van der Waals surface area contributed by atoms with Crippen molar-refractivity contribution < 1.29 is 11.5 Å². The Morgan fingerprint density at radius 3 is 1.19 bits per heavy atom. The maximum Gasteiger partial charge on any atom is 0.197 e. The van der Waals surface area contributed by atoms with Crippen molar-refractivity contribution in [2.24, 2.45) is 0 Å². The predicted molar refractivity (Wildman–Crippen MR) is 65.5 cm³/mol. The summed E-state index contributed by atoms with van der Waals surface area (Å²) in [5.41, 5.74) is 12.4. The Morgan fingerprint density at radius 1 is 0.562 bits per heavy atom.